The smallest absolute Gasteiger partial charge is 0.307 e. The molecule has 144 valence electrons. The number of esters is 1. The first-order valence-electron chi connectivity index (χ1n) is 9.80. The van der Waals surface area contributed by atoms with Gasteiger partial charge in [-0.2, -0.15) is 0 Å². The zero-order chi connectivity index (χ0) is 18.8. The van der Waals surface area contributed by atoms with Crippen LogP contribution in [0.4, 0.5) is 0 Å². The maximum Gasteiger partial charge on any atom is 0.307 e. The first-order valence-corrected chi connectivity index (χ1v) is 9.80. The largest absolute Gasteiger partial charge is 0.484 e. The number of amides is 1. The molecule has 0 aliphatic heterocycles. The standard InChI is InChI=1S/C21H31NO4/c1-3-17-10-12-19(13-11-17)26-16-20(23)22(15-14-21(24)25-4-2)18-8-6-5-7-9-18/h10-13,18H,3-9,14-16H2,1-2H3. The maximum absolute atomic E-state index is 12.8. The summed E-state index contributed by atoms with van der Waals surface area (Å²) in [6, 6.07) is 8.03. The highest BCUT2D eigenvalue weighted by atomic mass is 16.5. The average Bonchev–Trinajstić information content (AvgIpc) is 2.68. The maximum atomic E-state index is 12.8. The highest BCUT2D eigenvalue weighted by molar-refractivity contribution is 5.79. The van der Waals surface area contributed by atoms with E-state index >= 15 is 0 Å². The molecule has 1 aliphatic carbocycles. The van der Waals surface area contributed by atoms with Crippen molar-refractivity contribution in [1.82, 2.24) is 4.90 Å². The van der Waals surface area contributed by atoms with Gasteiger partial charge in [0.1, 0.15) is 5.75 Å². The van der Waals surface area contributed by atoms with Crippen LogP contribution in [0, 0.1) is 0 Å². The first kappa shape index (κ1) is 20.3. The molecule has 1 amide bonds. The van der Waals surface area contributed by atoms with E-state index in [-0.39, 0.29) is 30.9 Å². The van der Waals surface area contributed by atoms with E-state index in [0.717, 1.165) is 32.1 Å². The Balaban J connectivity index is 1.93. The first-order chi connectivity index (χ1) is 12.6. The minimum Gasteiger partial charge on any atom is -0.484 e. The summed E-state index contributed by atoms with van der Waals surface area (Å²) >= 11 is 0. The fourth-order valence-corrected chi connectivity index (χ4v) is 3.40. The third-order valence-corrected chi connectivity index (χ3v) is 4.89. The van der Waals surface area contributed by atoms with Crippen LogP contribution in [-0.4, -0.2) is 42.6 Å². The molecule has 0 N–H and O–H groups in total. The van der Waals surface area contributed by atoms with E-state index in [2.05, 4.69) is 6.92 Å². The summed E-state index contributed by atoms with van der Waals surface area (Å²) in [5.41, 5.74) is 1.24. The normalized spacial score (nSPS) is 14.7. The molecule has 0 spiro atoms. The van der Waals surface area contributed by atoms with Crippen LogP contribution >= 0.6 is 0 Å². The molecule has 5 heteroatoms. The second-order valence-corrected chi connectivity index (χ2v) is 6.72. The predicted molar refractivity (Wildman–Crippen MR) is 101 cm³/mol. The van der Waals surface area contributed by atoms with Gasteiger partial charge in [-0.15, -0.1) is 0 Å². The summed E-state index contributed by atoms with van der Waals surface area (Å²) in [4.78, 5) is 26.3. The van der Waals surface area contributed by atoms with E-state index in [0.29, 0.717) is 18.9 Å². The molecule has 1 aliphatic rings. The molecule has 0 aromatic heterocycles. The topological polar surface area (TPSA) is 55.8 Å². The number of hydrogen-bond donors (Lipinski definition) is 0. The van der Waals surface area contributed by atoms with Crippen molar-refractivity contribution >= 4 is 11.9 Å². The minimum absolute atomic E-state index is 0.00476. The van der Waals surface area contributed by atoms with E-state index < -0.39 is 0 Å². The second kappa shape index (κ2) is 10.8. The van der Waals surface area contributed by atoms with Gasteiger partial charge in [-0.3, -0.25) is 9.59 Å². The van der Waals surface area contributed by atoms with Crippen LogP contribution in [-0.2, 0) is 20.7 Å². The van der Waals surface area contributed by atoms with Crippen LogP contribution in [0.25, 0.3) is 0 Å². The number of nitrogens with zero attached hydrogens (tertiary/aromatic N) is 1. The number of hydrogen-bond acceptors (Lipinski definition) is 4. The lowest BCUT2D eigenvalue weighted by molar-refractivity contribution is -0.145. The number of carbonyl (C=O) groups excluding carboxylic acids is 2. The van der Waals surface area contributed by atoms with Gasteiger partial charge in [-0.25, -0.2) is 0 Å². The van der Waals surface area contributed by atoms with E-state index in [9.17, 15) is 9.59 Å². The monoisotopic (exact) mass is 361 g/mol. The SMILES string of the molecule is CCOC(=O)CCN(C(=O)COc1ccc(CC)cc1)C1CCCCC1. The molecule has 1 saturated carbocycles. The zero-order valence-electron chi connectivity index (χ0n) is 16.0. The van der Waals surface area contributed by atoms with Crippen molar-refractivity contribution in [1.29, 1.82) is 0 Å². The average molecular weight is 361 g/mol. The van der Waals surface area contributed by atoms with Crippen LogP contribution in [0.3, 0.4) is 0 Å². The summed E-state index contributed by atoms with van der Waals surface area (Å²) in [7, 11) is 0. The molecular formula is C21H31NO4. The van der Waals surface area contributed by atoms with Crippen LogP contribution in [0.1, 0.15) is 57.9 Å². The minimum atomic E-state index is -0.253. The Hall–Kier alpha value is -2.04. The van der Waals surface area contributed by atoms with Crippen LogP contribution in [0.15, 0.2) is 24.3 Å². The molecule has 5 nitrogen and oxygen atoms in total. The molecular weight excluding hydrogens is 330 g/mol. The van der Waals surface area contributed by atoms with Gasteiger partial charge in [0.25, 0.3) is 5.91 Å². The van der Waals surface area contributed by atoms with Crippen molar-refractivity contribution in [2.24, 2.45) is 0 Å². The van der Waals surface area contributed by atoms with Crippen molar-refractivity contribution < 1.29 is 19.1 Å². The lowest BCUT2D eigenvalue weighted by Crippen LogP contribution is -2.44. The van der Waals surface area contributed by atoms with Gasteiger partial charge in [-0.1, -0.05) is 38.3 Å². The summed E-state index contributed by atoms with van der Waals surface area (Å²) in [5.74, 6) is 0.391. The van der Waals surface area contributed by atoms with Crippen molar-refractivity contribution in [3.63, 3.8) is 0 Å². The number of aryl methyl sites for hydroxylation is 1. The molecule has 0 bridgehead atoms. The molecule has 1 fully saturated rings. The van der Waals surface area contributed by atoms with Gasteiger partial charge in [0.2, 0.25) is 0 Å². The Kier molecular flexibility index (Phi) is 8.45. The van der Waals surface area contributed by atoms with Crippen molar-refractivity contribution in [3.8, 4) is 5.75 Å². The van der Waals surface area contributed by atoms with Gasteiger partial charge < -0.3 is 14.4 Å². The molecule has 0 unspecified atom stereocenters. The van der Waals surface area contributed by atoms with E-state index in [1.807, 2.05) is 29.2 Å². The molecule has 0 radical (unpaired) electrons. The molecule has 1 aromatic carbocycles. The van der Waals surface area contributed by atoms with E-state index in [1.165, 1.54) is 12.0 Å². The van der Waals surface area contributed by atoms with Gasteiger partial charge >= 0.3 is 5.97 Å². The number of benzene rings is 1. The van der Waals surface area contributed by atoms with Gasteiger partial charge in [0, 0.05) is 12.6 Å². The zero-order valence-corrected chi connectivity index (χ0v) is 16.0. The van der Waals surface area contributed by atoms with Crippen molar-refractivity contribution in [2.45, 2.75) is 64.8 Å². The summed E-state index contributed by atoms with van der Waals surface area (Å²) in [6.07, 6.45) is 6.69. The van der Waals surface area contributed by atoms with Crippen molar-refractivity contribution in [3.05, 3.63) is 29.8 Å². The lowest BCUT2D eigenvalue weighted by Gasteiger charge is -2.34. The fraction of sp³-hybridized carbons (Fsp3) is 0.619. The number of carbonyl (C=O) groups is 2. The Morgan fingerprint density at radius 2 is 1.77 bits per heavy atom. The fourth-order valence-electron chi connectivity index (χ4n) is 3.40. The van der Waals surface area contributed by atoms with Gasteiger partial charge in [0.15, 0.2) is 6.61 Å². The second-order valence-electron chi connectivity index (χ2n) is 6.72. The Bertz CT molecular complexity index is 564. The Morgan fingerprint density at radius 1 is 1.08 bits per heavy atom. The van der Waals surface area contributed by atoms with E-state index in [4.69, 9.17) is 9.47 Å². The Labute approximate surface area is 156 Å². The van der Waals surface area contributed by atoms with Gasteiger partial charge in [-0.05, 0) is 43.9 Å². The lowest BCUT2D eigenvalue weighted by atomic mass is 9.94. The quantitative estimate of drug-likeness (QED) is 0.629. The van der Waals surface area contributed by atoms with Crippen molar-refractivity contribution in [2.75, 3.05) is 19.8 Å². The summed E-state index contributed by atoms with van der Waals surface area (Å²) < 4.78 is 10.7. The molecule has 2 rings (SSSR count). The van der Waals surface area contributed by atoms with Gasteiger partial charge in [0.05, 0.1) is 13.0 Å². The number of ether oxygens (including phenoxy) is 2. The molecule has 1 aromatic rings. The van der Waals surface area contributed by atoms with Crippen LogP contribution < -0.4 is 4.74 Å². The summed E-state index contributed by atoms with van der Waals surface area (Å²) in [5, 5.41) is 0. The molecule has 0 atom stereocenters. The predicted octanol–water partition coefficient (Wildman–Crippen LogP) is 3.74. The number of rotatable bonds is 9. The highest BCUT2D eigenvalue weighted by Crippen LogP contribution is 2.23. The van der Waals surface area contributed by atoms with Crippen LogP contribution in [0.5, 0.6) is 5.75 Å². The third kappa shape index (κ3) is 6.36. The Morgan fingerprint density at radius 3 is 2.38 bits per heavy atom. The molecule has 0 heterocycles. The third-order valence-electron chi connectivity index (χ3n) is 4.89. The highest BCUT2D eigenvalue weighted by Gasteiger charge is 2.26. The van der Waals surface area contributed by atoms with Crippen LogP contribution in [0.2, 0.25) is 0 Å². The molecule has 0 saturated heterocycles. The van der Waals surface area contributed by atoms with E-state index in [1.54, 1.807) is 6.92 Å². The molecule has 26 heavy (non-hydrogen) atoms. The summed E-state index contributed by atoms with van der Waals surface area (Å²) in [6.45, 7) is 4.67.